The third-order valence-electron chi connectivity index (χ3n) is 1.78. The van der Waals surface area contributed by atoms with Gasteiger partial charge >= 0.3 is 0 Å². The zero-order chi connectivity index (χ0) is 15.7. The van der Waals surface area contributed by atoms with Gasteiger partial charge in [0.2, 0.25) is 12.6 Å². The number of hydrogen-bond acceptors (Lipinski definition) is 6. The molecule has 0 amide bonds. The Labute approximate surface area is 126 Å². The lowest BCUT2D eigenvalue weighted by Crippen LogP contribution is -2.27. The number of nitro groups is 1. The van der Waals surface area contributed by atoms with Crippen LogP contribution in [0.3, 0.4) is 0 Å². The molecule has 8 nitrogen and oxygen atoms in total. The second-order valence-corrected chi connectivity index (χ2v) is 4.40. The zero-order valence-corrected chi connectivity index (χ0v) is 12.5. The van der Waals surface area contributed by atoms with E-state index in [1.807, 2.05) is 0 Å². The molecule has 1 aromatic heterocycles. The summed E-state index contributed by atoms with van der Waals surface area (Å²) in [5.74, 6) is 0.390. The van der Waals surface area contributed by atoms with E-state index in [1.165, 1.54) is 6.26 Å². The number of nitrogens with zero attached hydrogens (tertiary/aromatic N) is 2. The molecule has 112 valence electrons. The summed E-state index contributed by atoms with van der Waals surface area (Å²) in [6.45, 7) is -0.387. The van der Waals surface area contributed by atoms with Crippen LogP contribution in [0, 0.1) is 10.1 Å². The van der Waals surface area contributed by atoms with Gasteiger partial charge < -0.3 is 24.9 Å². The molecule has 1 heterocycles. The largest absolute Gasteiger partial charge is 0.487 e. The van der Waals surface area contributed by atoms with Gasteiger partial charge in [-0.05, 0) is 36.6 Å². The van der Waals surface area contributed by atoms with Crippen molar-refractivity contribution in [3.63, 3.8) is 0 Å². The number of rotatable bonds is 4. The summed E-state index contributed by atoms with van der Waals surface area (Å²) in [5, 5.41) is 17.7. The molecule has 0 radical (unpaired) electrons. The Morgan fingerprint density at radius 3 is 2.55 bits per heavy atom. The molecule has 1 unspecified atom stereocenters. The van der Waals surface area contributed by atoms with Crippen LogP contribution in [-0.2, 0) is 4.74 Å². The molecule has 1 rings (SSSR count). The third-order valence-corrected chi connectivity index (χ3v) is 2.25. The Kier molecular flexibility index (Phi) is 8.16. The van der Waals surface area contributed by atoms with Gasteiger partial charge in [-0.25, -0.2) is 0 Å². The molecule has 0 fully saturated rings. The maximum atomic E-state index is 10.5. The molecule has 0 bridgehead atoms. The van der Waals surface area contributed by atoms with Crippen LogP contribution in [0.5, 0.6) is 0 Å². The predicted octanol–water partition coefficient (Wildman–Crippen LogP) is 1.25. The number of aliphatic hydroxyl groups excluding tert-OH is 1. The molecular formula is C10H15N3O5S2. The third kappa shape index (κ3) is 8.21. The Morgan fingerprint density at radius 1 is 1.65 bits per heavy atom. The predicted molar refractivity (Wildman–Crippen MR) is 80.1 cm³/mol. The molecule has 0 spiro atoms. The summed E-state index contributed by atoms with van der Waals surface area (Å²) in [5.41, 5.74) is 4.40. The minimum absolute atomic E-state index is 0.184. The fourth-order valence-corrected chi connectivity index (χ4v) is 1.14. The van der Waals surface area contributed by atoms with E-state index in [0.717, 1.165) is 0 Å². The van der Waals surface area contributed by atoms with Gasteiger partial charge in [0.05, 0.1) is 6.26 Å². The van der Waals surface area contributed by atoms with E-state index in [2.05, 4.69) is 18.0 Å². The summed E-state index contributed by atoms with van der Waals surface area (Å²) in [4.78, 5) is 11.6. The SMILES string of the molecule is CN(C)C(=S)OC(C[N+](=O)[O-])c1ccco1.NC(O)=S. The van der Waals surface area contributed by atoms with Gasteiger partial charge in [-0.1, -0.05) is 0 Å². The molecule has 0 aromatic carbocycles. The number of ether oxygens (including phenoxy) is 1. The van der Waals surface area contributed by atoms with Gasteiger partial charge in [-0.15, -0.1) is 0 Å². The van der Waals surface area contributed by atoms with E-state index in [1.54, 1.807) is 31.1 Å². The minimum Gasteiger partial charge on any atom is -0.487 e. The lowest BCUT2D eigenvalue weighted by molar-refractivity contribution is -0.491. The van der Waals surface area contributed by atoms with Crippen molar-refractivity contribution in [1.82, 2.24) is 4.90 Å². The van der Waals surface area contributed by atoms with E-state index in [-0.39, 0.29) is 11.7 Å². The number of hydrogen-bond donors (Lipinski definition) is 2. The van der Waals surface area contributed by atoms with Crippen molar-refractivity contribution in [2.45, 2.75) is 6.10 Å². The monoisotopic (exact) mass is 321 g/mol. The zero-order valence-electron chi connectivity index (χ0n) is 10.9. The van der Waals surface area contributed by atoms with Crippen LogP contribution >= 0.6 is 24.4 Å². The molecule has 1 atom stereocenters. The first-order chi connectivity index (χ1) is 9.23. The minimum atomic E-state index is -0.792. The maximum absolute atomic E-state index is 10.5. The highest BCUT2D eigenvalue weighted by Crippen LogP contribution is 2.19. The number of thiocarbonyl (C=S) groups is 2. The quantitative estimate of drug-likeness (QED) is 0.480. The highest BCUT2D eigenvalue weighted by Gasteiger charge is 2.24. The van der Waals surface area contributed by atoms with Crippen molar-refractivity contribution in [2.24, 2.45) is 5.73 Å². The Hall–Kier alpha value is -1.94. The highest BCUT2D eigenvalue weighted by atomic mass is 32.1. The molecule has 0 aliphatic carbocycles. The summed E-state index contributed by atoms with van der Waals surface area (Å²) in [6, 6.07) is 3.26. The summed E-state index contributed by atoms with van der Waals surface area (Å²) >= 11 is 8.79. The molecule has 0 aliphatic heterocycles. The van der Waals surface area contributed by atoms with E-state index in [0.29, 0.717) is 5.76 Å². The molecule has 0 saturated heterocycles. The van der Waals surface area contributed by atoms with Crippen LogP contribution in [0.15, 0.2) is 22.8 Å². The Bertz CT molecular complexity index is 446. The normalized spacial score (nSPS) is 10.7. The first kappa shape index (κ1) is 18.1. The summed E-state index contributed by atoms with van der Waals surface area (Å²) in [6.07, 6.45) is 0.643. The van der Waals surface area contributed by atoms with Crippen LogP contribution in [0.2, 0.25) is 0 Å². The first-order valence-electron chi connectivity index (χ1n) is 5.25. The van der Waals surface area contributed by atoms with Crippen molar-refractivity contribution in [3.05, 3.63) is 34.3 Å². The van der Waals surface area contributed by atoms with E-state index in [9.17, 15) is 10.1 Å². The summed E-state index contributed by atoms with van der Waals surface area (Å²) in [7, 11) is 3.40. The molecule has 1 aromatic rings. The fraction of sp³-hybridized carbons (Fsp3) is 0.400. The topological polar surface area (TPSA) is 115 Å². The van der Waals surface area contributed by atoms with E-state index in [4.69, 9.17) is 26.5 Å². The van der Waals surface area contributed by atoms with Gasteiger partial charge in [-0.3, -0.25) is 10.1 Å². The van der Waals surface area contributed by atoms with Gasteiger partial charge in [0.15, 0.2) is 5.76 Å². The van der Waals surface area contributed by atoms with Gasteiger partial charge in [0.1, 0.15) is 0 Å². The van der Waals surface area contributed by atoms with Crippen LogP contribution in [-0.4, -0.2) is 45.9 Å². The van der Waals surface area contributed by atoms with Crippen LogP contribution in [0.1, 0.15) is 11.9 Å². The number of aliphatic hydroxyl groups is 1. The van der Waals surface area contributed by atoms with Gasteiger partial charge in [-0.2, -0.15) is 0 Å². The number of nitrogens with two attached hydrogens (primary N) is 1. The molecule has 0 aliphatic rings. The van der Waals surface area contributed by atoms with Crippen LogP contribution in [0.25, 0.3) is 0 Å². The molecule has 10 heteroatoms. The average molecular weight is 321 g/mol. The molecule has 3 N–H and O–H groups in total. The molecular weight excluding hydrogens is 306 g/mol. The second kappa shape index (κ2) is 9.04. The van der Waals surface area contributed by atoms with Crippen LogP contribution < -0.4 is 5.73 Å². The number of furan rings is 1. The van der Waals surface area contributed by atoms with Crippen molar-refractivity contribution < 1.29 is 19.2 Å². The van der Waals surface area contributed by atoms with Crippen LogP contribution in [0.4, 0.5) is 0 Å². The van der Waals surface area contributed by atoms with Crippen molar-refractivity contribution in [2.75, 3.05) is 20.6 Å². The fourth-order valence-electron chi connectivity index (χ4n) is 1.02. The maximum Gasteiger partial charge on any atom is 0.259 e. The highest BCUT2D eigenvalue weighted by molar-refractivity contribution is 7.80. The van der Waals surface area contributed by atoms with Crippen molar-refractivity contribution in [1.29, 1.82) is 0 Å². The Morgan fingerprint density at radius 2 is 2.20 bits per heavy atom. The Balaban J connectivity index is 0.000000796. The van der Waals surface area contributed by atoms with E-state index >= 15 is 0 Å². The average Bonchev–Trinajstić information content (AvgIpc) is 2.79. The van der Waals surface area contributed by atoms with Crippen molar-refractivity contribution >= 4 is 34.8 Å². The second-order valence-electron chi connectivity index (χ2n) is 3.64. The lowest BCUT2D eigenvalue weighted by atomic mass is 10.3. The van der Waals surface area contributed by atoms with Gasteiger partial charge in [0.25, 0.3) is 10.3 Å². The first-order valence-corrected chi connectivity index (χ1v) is 6.07. The van der Waals surface area contributed by atoms with Gasteiger partial charge in [0, 0.05) is 19.0 Å². The smallest absolute Gasteiger partial charge is 0.259 e. The lowest BCUT2D eigenvalue weighted by Gasteiger charge is -2.18. The van der Waals surface area contributed by atoms with E-state index < -0.39 is 16.2 Å². The van der Waals surface area contributed by atoms with Crippen molar-refractivity contribution in [3.8, 4) is 0 Å². The standard InChI is InChI=1S/C9H12N2O4S.CH3NOS/c1-10(2)9(16)15-8(6-11(12)13)7-4-3-5-14-7;2-1(3)4/h3-5,8H,6H2,1-2H3;(H3,2,3,4). The molecule has 20 heavy (non-hydrogen) atoms. The summed E-state index contributed by atoms with van der Waals surface area (Å²) < 4.78 is 10.4. The molecule has 0 saturated carbocycles.